The third-order valence-corrected chi connectivity index (χ3v) is 12.2. The molecule has 0 rings (SSSR count). The van der Waals surface area contributed by atoms with E-state index in [1.807, 2.05) is 41.5 Å². The second-order valence-corrected chi connectivity index (χ2v) is 19.5. The summed E-state index contributed by atoms with van der Waals surface area (Å²) in [7, 11) is 0. The number of carbonyl (C=O) groups excluding carboxylic acids is 6. The van der Waals surface area contributed by atoms with Crippen LogP contribution in [0, 0.1) is 32.5 Å². The molecule has 0 aliphatic heterocycles. The maximum absolute atomic E-state index is 13.3. The summed E-state index contributed by atoms with van der Waals surface area (Å²) in [6.07, 6.45) is -0.468. The van der Waals surface area contributed by atoms with Crippen LogP contribution >= 0.6 is 0 Å². The van der Waals surface area contributed by atoms with E-state index >= 15 is 0 Å². The Morgan fingerprint density at radius 2 is 0.525 bits per heavy atom. The number of ketones is 6. The fourth-order valence-electron chi connectivity index (χ4n) is 3.73. The molecule has 0 bridgehead atoms. The molecule has 0 radical (unpaired) electrons. The number of hydrogen-bond acceptors (Lipinski definition) is 6. The minimum absolute atomic E-state index is 0.118. The van der Waals surface area contributed by atoms with E-state index in [1.165, 1.54) is 0 Å². The minimum atomic E-state index is -1.59. The predicted octanol–water partition coefficient (Wildman–Crippen LogP) is 7.66. The van der Waals surface area contributed by atoms with Crippen LogP contribution in [0.4, 0.5) is 0 Å². The van der Waals surface area contributed by atoms with E-state index in [1.54, 1.807) is 62.3 Å². The van der Waals surface area contributed by atoms with E-state index in [0.717, 1.165) is 0 Å². The molecule has 0 saturated carbocycles. The van der Waals surface area contributed by atoms with Gasteiger partial charge in [0.05, 0.1) is 0 Å². The van der Waals surface area contributed by atoms with Gasteiger partial charge in [0.25, 0.3) is 0 Å². The van der Waals surface area contributed by atoms with Crippen LogP contribution < -0.4 is 0 Å². The normalized spacial score (nSPS) is 14.0. The Hall–Kier alpha value is -1.46. The van der Waals surface area contributed by atoms with Crippen molar-refractivity contribution in [2.45, 2.75) is 139 Å². The van der Waals surface area contributed by atoms with Crippen molar-refractivity contribution >= 4 is 34.7 Å². The van der Waals surface area contributed by atoms with Crippen molar-refractivity contribution in [3.8, 4) is 0 Å². The van der Waals surface area contributed by atoms with E-state index in [9.17, 15) is 28.8 Å². The van der Waals surface area contributed by atoms with Gasteiger partial charge in [0, 0.05) is 0 Å². The molecule has 0 aromatic heterocycles. The van der Waals surface area contributed by atoms with Crippen molar-refractivity contribution in [1.29, 1.82) is 0 Å². The molecule has 0 aliphatic rings. The van der Waals surface area contributed by atoms with Crippen LogP contribution in [0.5, 0.6) is 0 Å². The van der Waals surface area contributed by atoms with Crippen molar-refractivity contribution in [3.63, 3.8) is 0 Å². The van der Waals surface area contributed by atoms with Gasteiger partial charge in [-0.3, -0.25) is 0 Å². The van der Waals surface area contributed by atoms with Gasteiger partial charge < -0.3 is 0 Å². The summed E-state index contributed by atoms with van der Waals surface area (Å²) in [6, 6.07) is 0. The Morgan fingerprint density at radius 3 is 0.675 bits per heavy atom. The number of hydrogen-bond donors (Lipinski definition) is 0. The molecule has 0 saturated heterocycles. The second kappa shape index (κ2) is 13.2. The summed E-state index contributed by atoms with van der Waals surface area (Å²) in [5, 5.41) is 1.43. The van der Waals surface area contributed by atoms with Crippen molar-refractivity contribution in [1.82, 2.24) is 0 Å². The van der Waals surface area contributed by atoms with E-state index in [2.05, 4.69) is 0 Å². The molecule has 6 nitrogen and oxygen atoms in total. The molecule has 0 fully saturated rings. The summed E-state index contributed by atoms with van der Waals surface area (Å²) in [4.78, 5) is 78.0. The van der Waals surface area contributed by atoms with Crippen molar-refractivity contribution < 1.29 is 42.7 Å². The molecule has 0 atom stereocenters. The van der Waals surface area contributed by atoms with Gasteiger partial charge in [-0.15, -0.1) is 0 Å². The van der Waals surface area contributed by atoms with E-state index in [0.29, 0.717) is 16.0 Å². The summed E-state index contributed by atoms with van der Waals surface area (Å²) in [6.45, 7) is 27.2. The third-order valence-electron chi connectivity index (χ3n) is 7.31. The molecule has 0 heterocycles. The third kappa shape index (κ3) is 12.2. The first kappa shape index (κ1) is 38.5. The van der Waals surface area contributed by atoms with E-state index in [4.69, 9.17) is 0 Å². The predicted molar refractivity (Wildman–Crippen MR) is 158 cm³/mol. The van der Waals surface area contributed by atoms with Crippen molar-refractivity contribution in [3.05, 3.63) is 0 Å². The standard InChI is InChI=1S/3C11H19O2.Mn/c3*1-10(2,3)8(12)7-9(13)11(4,5)6;/h3*1,7H2,2-6H3;. The molecule has 0 aliphatic carbocycles. The average molecular weight is 605 g/mol. The van der Waals surface area contributed by atoms with E-state index < -0.39 is 46.4 Å². The molecular weight excluding hydrogens is 547 g/mol. The topological polar surface area (TPSA) is 102 Å². The van der Waals surface area contributed by atoms with Crippen molar-refractivity contribution in [2.24, 2.45) is 32.5 Å². The van der Waals surface area contributed by atoms with Gasteiger partial charge in [-0.1, -0.05) is 0 Å². The summed E-state index contributed by atoms with van der Waals surface area (Å²) in [5.74, 6) is -0.787. The van der Waals surface area contributed by atoms with E-state index in [-0.39, 0.29) is 54.0 Å². The van der Waals surface area contributed by atoms with Crippen LogP contribution in [0.2, 0.25) is 16.0 Å². The van der Waals surface area contributed by atoms with Crippen LogP contribution in [0.3, 0.4) is 0 Å². The van der Waals surface area contributed by atoms with Gasteiger partial charge in [0.2, 0.25) is 0 Å². The van der Waals surface area contributed by atoms with Gasteiger partial charge in [0.15, 0.2) is 0 Å². The Labute approximate surface area is 248 Å². The van der Waals surface area contributed by atoms with Crippen LogP contribution in [0.1, 0.15) is 123 Å². The number of rotatable bonds is 15. The molecule has 40 heavy (non-hydrogen) atoms. The summed E-state index contributed by atoms with van der Waals surface area (Å²) in [5.41, 5.74) is -4.34. The van der Waals surface area contributed by atoms with Gasteiger partial charge in [-0.25, -0.2) is 0 Å². The fourth-order valence-corrected chi connectivity index (χ4v) is 9.30. The molecule has 0 aromatic rings. The molecule has 232 valence electrons. The number of carbonyl (C=O) groups is 6. The quantitative estimate of drug-likeness (QED) is 0.140. The van der Waals surface area contributed by atoms with Gasteiger partial charge >= 0.3 is 249 Å². The maximum atomic E-state index is 13.3. The van der Waals surface area contributed by atoms with Gasteiger partial charge in [-0.05, 0) is 0 Å². The zero-order chi connectivity index (χ0) is 32.3. The first-order chi connectivity index (χ1) is 17.4. The fraction of sp³-hybridized carbons (Fsp3) is 0.818. The summed E-state index contributed by atoms with van der Waals surface area (Å²) >= 11 is -1.59. The SMILES string of the molecule is CC(C)(C)C(=O)CC(=O)C(C)(C)[CH2][Mn]([CH2]C(C)(C)C(=O)CC(=O)C(C)(C)C)[CH2]C(C)(C)C(=O)CC(=O)C(C)(C)C. The van der Waals surface area contributed by atoms with Crippen LogP contribution in [0.15, 0.2) is 0 Å². The molecular formula is C33H57MnO6. The molecule has 7 heteroatoms. The zero-order valence-corrected chi connectivity index (χ0v) is 29.3. The zero-order valence-electron chi connectivity index (χ0n) is 28.1. The Kier molecular flexibility index (Phi) is 12.8. The Bertz CT molecular complexity index is 865. The van der Waals surface area contributed by atoms with Crippen LogP contribution in [-0.2, 0) is 42.7 Å². The first-order valence-corrected chi connectivity index (χ1v) is 16.7. The molecule has 0 N–H and O–H groups in total. The second-order valence-electron chi connectivity index (χ2n) is 16.4. The van der Waals surface area contributed by atoms with Crippen LogP contribution in [0.25, 0.3) is 0 Å². The number of Topliss-reactive ketones (excluding diaryl/α,β-unsaturated/α-hetero) is 6. The molecule has 0 unspecified atom stereocenters. The van der Waals surface area contributed by atoms with Crippen LogP contribution in [-0.4, -0.2) is 34.7 Å². The summed E-state index contributed by atoms with van der Waals surface area (Å²) < 4.78 is 0. The molecule has 0 amide bonds. The first-order valence-electron chi connectivity index (χ1n) is 14.2. The Balaban J connectivity index is 6.21. The molecule has 0 spiro atoms. The van der Waals surface area contributed by atoms with Gasteiger partial charge in [-0.2, -0.15) is 0 Å². The molecule has 0 aromatic carbocycles. The Morgan fingerprint density at radius 1 is 0.350 bits per heavy atom. The monoisotopic (exact) mass is 604 g/mol. The van der Waals surface area contributed by atoms with Gasteiger partial charge in [0.1, 0.15) is 0 Å². The average Bonchev–Trinajstić information content (AvgIpc) is 2.70. The van der Waals surface area contributed by atoms with Crippen molar-refractivity contribution in [2.75, 3.05) is 0 Å².